The molecule has 0 bridgehead atoms. The molecule has 0 aromatic rings. The van der Waals surface area contributed by atoms with E-state index in [0.29, 0.717) is 19.4 Å². The number of carbonyl (C=O) groups is 2. The molecule has 340 valence electrons. The molecule has 0 rings (SSSR count). The van der Waals surface area contributed by atoms with Crippen molar-refractivity contribution in [3.63, 3.8) is 0 Å². The van der Waals surface area contributed by atoms with Crippen molar-refractivity contribution < 1.29 is 23.8 Å². The van der Waals surface area contributed by atoms with E-state index < -0.39 is 6.10 Å². The Morgan fingerprint density at radius 1 is 0.383 bits per heavy atom. The van der Waals surface area contributed by atoms with Gasteiger partial charge in [-0.25, -0.2) is 0 Å². The lowest BCUT2D eigenvalue weighted by atomic mass is 10.1. The van der Waals surface area contributed by atoms with Gasteiger partial charge in [0.25, 0.3) is 0 Å². The summed E-state index contributed by atoms with van der Waals surface area (Å²) >= 11 is 0. The second-order valence-corrected chi connectivity index (χ2v) is 15.6. The van der Waals surface area contributed by atoms with Gasteiger partial charge in [-0.05, 0) is 109 Å². The van der Waals surface area contributed by atoms with Gasteiger partial charge < -0.3 is 14.2 Å². The molecule has 1 unspecified atom stereocenters. The summed E-state index contributed by atoms with van der Waals surface area (Å²) in [7, 11) is 0. The van der Waals surface area contributed by atoms with E-state index in [9.17, 15) is 9.59 Å². The van der Waals surface area contributed by atoms with E-state index in [4.69, 9.17) is 14.2 Å². The van der Waals surface area contributed by atoms with Crippen molar-refractivity contribution in [1.29, 1.82) is 0 Å². The highest BCUT2D eigenvalue weighted by molar-refractivity contribution is 5.70. The summed E-state index contributed by atoms with van der Waals surface area (Å²) in [4.78, 5) is 25.3. The number of allylic oxidation sites excluding steroid dienone is 17. The van der Waals surface area contributed by atoms with E-state index in [0.717, 1.165) is 109 Å². The van der Waals surface area contributed by atoms with E-state index in [2.05, 4.69) is 130 Å². The predicted molar refractivity (Wildman–Crippen MR) is 260 cm³/mol. The number of unbranched alkanes of at least 4 members (excludes halogenated alkanes) is 14. The van der Waals surface area contributed by atoms with Crippen LogP contribution in [0, 0.1) is 0 Å². The molecule has 0 heterocycles. The molecule has 0 aliphatic heterocycles. The van der Waals surface area contributed by atoms with E-state index >= 15 is 0 Å². The molecule has 0 N–H and O–H groups in total. The maximum Gasteiger partial charge on any atom is 0.306 e. The van der Waals surface area contributed by atoms with Crippen molar-refractivity contribution in [2.24, 2.45) is 0 Å². The Bertz CT molecular complexity index is 1210. The molecule has 5 heteroatoms. The molecular weight excluding hydrogens is 741 g/mol. The minimum atomic E-state index is -0.594. The van der Waals surface area contributed by atoms with E-state index in [-0.39, 0.29) is 25.2 Å². The van der Waals surface area contributed by atoms with Crippen LogP contribution in [0.1, 0.15) is 201 Å². The Labute approximate surface area is 370 Å². The number of hydrogen-bond donors (Lipinski definition) is 0. The summed E-state index contributed by atoms with van der Waals surface area (Å²) in [5, 5.41) is 0. The van der Waals surface area contributed by atoms with Gasteiger partial charge in [-0.3, -0.25) is 9.59 Å². The number of hydrogen-bond acceptors (Lipinski definition) is 5. The lowest BCUT2D eigenvalue weighted by molar-refractivity contribution is -0.162. The lowest BCUT2D eigenvalue weighted by Gasteiger charge is -2.18. The molecule has 0 aliphatic carbocycles. The maximum atomic E-state index is 12.8. The van der Waals surface area contributed by atoms with Crippen molar-refractivity contribution in [2.45, 2.75) is 207 Å². The quantitative estimate of drug-likeness (QED) is 0.0348. The number of carbonyl (C=O) groups excluding carboxylic acids is 2. The summed E-state index contributed by atoms with van der Waals surface area (Å²) in [6.45, 7) is 7.37. The summed E-state index contributed by atoms with van der Waals surface area (Å²) in [5.74, 6) is -0.478. The zero-order chi connectivity index (χ0) is 43.5. The van der Waals surface area contributed by atoms with Crippen molar-refractivity contribution in [1.82, 2.24) is 0 Å². The lowest BCUT2D eigenvalue weighted by Crippen LogP contribution is -2.30. The van der Waals surface area contributed by atoms with Gasteiger partial charge in [-0.2, -0.15) is 0 Å². The molecule has 60 heavy (non-hydrogen) atoms. The van der Waals surface area contributed by atoms with Crippen molar-refractivity contribution in [3.8, 4) is 0 Å². The van der Waals surface area contributed by atoms with E-state index in [1.165, 1.54) is 57.8 Å². The molecule has 0 fully saturated rings. The second kappa shape index (κ2) is 49.9. The van der Waals surface area contributed by atoms with Crippen LogP contribution >= 0.6 is 0 Å². The molecule has 0 aromatic heterocycles. The summed E-state index contributed by atoms with van der Waals surface area (Å²) < 4.78 is 17.2. The molecule has 0 aliphatic rings. The van der Waals surface area contributed by atoms with Crippen LogP contribution in [0.25, 0.3) is 0 Å². The van der Waals surface area contributed by atoms with Crippen molar-refractivity contribution in [2.75, 3.05) is 19.8 Å². The van der Waals surface area contributed by atoms with Gasteiger partial charge in [0.1, 0.15) is 6.61 Å². The molecule has 5 nitrogen and oxygen atoms in total. The third kappa shape index (κ3) is 47.2. The third-order valence-corrected chi connectivity index (χ3v) is 9.76. The van der Waals surface area contributed by atoms with Gasteiger partial charge >= 0.3 is 11.9 Å². The molecule has 0 amide bonds. The highest BCUT2D eigenvalue weighted by atomic mass is 16.6. The predicted octanol–water partition coefficient (Wildman–Crippen LogP) is 16.4. The molecule has 0 saturated heterocycles. The highest BCUT2D eigenvalue weighted by Gasteiger charge is 2.17. The summed E-state index contributed by atoms with van der Waals surface area (Å²) in [6, 6.07) is 0. The first-order valence-electron chi connectivity index (χ1n) is 24.4. The van der Waals surface area contributed by atoms with Gasteiger partial charge in [0.05, 0.1) is 13.2 Å². The average Bonchev–Trinajstić information content (AvgIpc) is 3.25. The van der Waals surface area contributed by atoms with Crippen molar-refractivity contribution in [3.05, 3.63) is 109 Å². The SMILES string of the molecule is CC/C=C\C/C=C\C/C=C\C/C=C\C/C=C\CCOCC(COC(=O)CCCCCCC/C=C\C/C=C\CCCCC)OC(=O)CCCCCCC/C=C\C/C=C\CCC. The van der Waals surface area contributed by atoms with E-state index in [1.54, 1.807) is 0 Å². The Kier molecular flexibility index (Phi) is 47.1. The average molecular weight is 831 g/mol. The normalized spacial score (nSPS) is 13.2. The van der Waals surface area contributed by atoms with Gasteiger partial charge in [0, 0.05) is 12.8 Å². The molecule has 0 saturated carbocycles. The summed E-state index contributed by atoms with van der Waals surface area (Å²) in [5.41, 5.74) is 0. The van der Waals surface area contributed by atoms with E-state index in [1.807, 2.05) is 0 Å². The Balaban J connectivity index is 4.45. The van der Waals surface area contributed by atoms with Crippen LogP contribution in [-0.2, 0) is 23.8 Å². The minimum absolute atomic E-state index is 0.0361. The van der Waals surface area contributed by atoms with Gasteiger partial charge in [-0.1, -0.05) is 188 Å². The van der Waals surface area contributed by atoms with Crippen LogP contribution in [0.4, 0.5) is 0 Å². The monoisotopic (exact) mass is 831 g/mol. The Morgan fingerprint density at radius 2 is 0.783 bits per heavy atom. The minimum Gasteiger partial charge on any atom is -0.462 e. The number of ether oxygens (including phenoxy) is 3. The first kappa shape index (κ1) is 56.6. The standard InChI is InChI=1S/C55H90O5/c1-4-7-10-13-16-19-22-25-27-29-32-35-38-41-44-47-50-58-51-53(60-55(57)49-46-43-40-37-34-30-24-21-18-15-12-9-6-3)52-59-54(56)48-45-42-39-36-33-31-28-26-23-20-17-14-11-8-5-2/h7,10,12,15-17,19-21,24-28,32,35,41,44,53H,4-6,8-9,11,13-14,18,22-23,29-31,33-34,36-40,42-43,45-52H2,1-3H3/b10-7-,15-12-,19-16-,20-17-,24-21-,27-25-,28-26-,35-32-,44-41-. The smallest absolute Gasteiger partial charge is 0.306 e. The molecule has 0 aromatic carbocycles. The summed E-state index contributed by atoms with van der Waals surface area (Å²) in [6.07, 6.45) is 68.2. The topological polar surface area (TPSA) is 61.8 Å². The van der Waals surface area contributed by atoms with Gasteiger partial charge in [0.2, 0.25) is 0 Å². The van der Waals surface area contributed by atoms with Gasteiger partial charge in [0.15, 0.2) is 6.10 Å². The molecular formula is C55H90O5. The zero-order valence-corrected chi connectivity index (χ0v) is 38.9. The van der Waals surface area contributed by atoms with Crippen molar-refractivity contribution >= 4 is 11.9 Å². The van der Waals surface area contributed by atoms with Crippen LogP contribution in [0.5, 0.6) is 0 Å². The first-order chi connectivity index (χ1) is 29.6. The largest absolute Gasteiger partial charge is 0.462 e. The molecule has 1 atom stereocenters. The van der Waals surface area contributed by atoms with Crippen LogP contribution in [0.3, 0.4) is 0 Å². The van der Waals surface area contributed by atoms with Crippen LogP contribution in [-0.4, -0.2) is 37.9 Å². The highest BCUT2D eigenvalue weighted by Crippen LogP contribution is 2.12. The Hall–Kier alpha value is -3.44. The fraction of sp³-hybridized carbons (Fsp3) is 0.636. The third-order valence-electron chi connectivity index (χ3n) is 9.76. The zero-order valence-electron chi connectivity index (χ0n) is 38.9. The molecule has 0 radical (unpaired) electrons. The van der Waals surface area contributed by atoms with Crippen LogP contribution < -0.4 is 0 Å². The maximum absolute atomic E-state index is 12.8. The second-order valence-electron chi connectivity index (χ2n) is 15.6. The van der Waals surface area contributed by atoms with Crippen LogP contribution in [0.15, 0.2) is 109 Å². The first-order valence-corrected chi connectivity index (χ1v) is 24.4. The Morgan fingerprint density at radius 3 is 1.27 bits per heavy atom. The fourth-order valence-electron chi connectivity index (χ4n) is 6.17. The fourth-order valence-corrected chi connectivity index (χ4v) is 6.17. The van der Waals surface area contributed by atoms with Gasteiger partial charge in [-0.15, -0.1) is 0 Å². The number of rotatable bonds is 43. The number of esters is 2. The molecule has 0 spiro atoms. The van der Waals surface area contributed by atoms with Crippen LogP contribution in [0.2, 0.25) is 0 Å².